The monoisotopic (exact) mass is 325 g/mol. The number of hydrogen-bond donors (Lipinski definition) is 1. The van der Waals surface area contributed by atoms with Crippen LogP contribution in [0.4, 0.5) is 0 Å². The lowest BCUT2D eigenvalue weighted by Crippen LogP contribution is -2.31. The quantitative estimate of drug-likeness (QED) is 0.817. The molecule has 1 aliphatic heterocycles. The van der Waals surface area contributed by atoms with Crippen molar-refractivity contribution in [1.29, 1.82) is 0 Å². The van der Waals surface area contributed by atoms with Crippen molar-refractivity contribution in [3.05, 3.63) is 34.4 Å². The minimum Gasteiger partial charge on any atom is -0.396 e. The number of aryl methyl sites for hydroxylation is 3. The molecule has 0 aliphatic carbocycles. The molecule has 0 radical (unpaired) electrons. The molecule has 21 heavy (non-hydrogen) atoms. The second-order valence-electron chi connectivity index (χ2n) is 5.40. The highest BCUT2D eigenvalue weighted by molar-refractivity contribution is 8.00. The maximum atomic E-state index is 12.2. The number of benzene rings is 1. The maximum absolute atomic E-state index is 12.2. The number of nitrogens with zero attached hydrogens (tertiary/aromatic N) is 1. The molecule has 0 saturated carbocycles. The molecule has 1 saturated heterocycles. The molecule has 1 unspecified atom stereocenters. The van der Waals surface area contributed by atoms with Crippen LogP contribution >= 0.6 is 23.5 Å². The van der Waals surface area contributed by atoms with Crippen LogP contribution in [0.25, 0.3) is 0 Å². The van der Waals surface area contributed by atoms with Gasteiger partial charge in [-0.25, -0.2) is 0 Å². The van der Waals surface area contributed by atoms with Crippen LogP contribution in [-0.4, -0.2) is 46.3 Å². The van der Waals surface area contributed by atoms with E-state index in [-0.39, 0.29) is 17.9 Å². The van der Waals surface area contributed by atoms with Gasteiger partial charge >= 0.3 is 0 Å². The van der Waals surface area contributed by atoms with Gasteiger partial charge in [0.1, 0.15) is 5.37 Å². The number of aliphatic hydroxyl groups is 1. The molecule has 2 rings (SSSR count). The minimum absolute atomic E-state index is 0.146. The van der Waals surface area contributed by atoms with Gasteiger partial charge in [0.05, 0.1) is 12.4 Å². The van der Waals surface area contributed by atoms with Crippen molar-refractivity contribution in [1.82, 2.24) is 4.90 Å². The Balaban J connectivity index is 2.16. The van der Waals surface area contributed by atoms with Crippen LogP contribution in [0, 0.1) is 20.8 Å². The van der Waals surface area contributed by atoms with Crippen molar-refractivity contribution in [2.45, 2.75) is 26.1 Å². The predicted octanol–water partition coefficient (Wildman–Crippen LogP) is 2.91. The summed E-state index contributed by atoms with van der Waals surface area (Å²) in [6.45, 7) is 7.34. The Morgan fingerprint density at radius 1 is 1.29 bits per heavy atom. The first-order valence-corrected chi connectivity index (χ1v) is 9.42. The van der Waals surface area contributed by atoms with E-state index in [1.165, 1.54) is 22.3 Å². The molecule has 0 aromatic heterocycles. The Morgan fingerprint density at radius 2 is 1.95 bits per heavy atom. The topological polar surface area (TPSA) is 40.5 Å². The van der Waals surface area contributed by atoms with Gasteiger partial charge in [0.25, 0.3) is 0 Å². The van der Waals surface area contributed by atoms with E-state index in [0.717, 1.165) is 18.1 Å². The molecule has 1 heterocycles. The van der Waals surface area contributed by atoms with Gasteiger partial charge in [-0.1, -0.05) is 17.7 Å². The van der Waals surface area contributed by atoms with E-state index in [9.17, 15) is 4.79 Å². The molecule has 1 N–H and O–H groups in total. The van der Waals surface area contributed by atoms with Crippen LogP contribution in [0.5, 0.6) is 0 Å². The van der Waals surface area contributed by atoms with Crippen molar-refractivity contribution in [3.63, 3.8) is 0 Å². The fourth-order valence-corrected chi connectivity index (χ4v) is 4.91. The molecule has 3 nitrogen and oxygen atoms in total. The van der Waals surface area contributed by atoms with Crippen molar-refractivity contribution >= 4 is 29.4 Å². The van der Waals surface area contributed by atoms with Crippen LogP contribution < -0.4 is 0 Å². The summed E-state index contributed by atoms with van der Waals surface area (Å²) < 4.78 is 0. The summed E-state index contributed by atoms with van der Waals surface area (Å²) >= 11 is 3.42. The fourth-order valence-electron chi connectivity index (χ4n) is 2.85. The number of thioether (sulfide) groups is 2. The molecule has 1 aromatic carbocycles. The van der Waals surface area contributed by atoms with Gasteiger partial charge in [-0.05, 0) is 37.5 Å². The van der Waals surface area contributed by atoms with Crippen molar-refractivity contribution in [3.8, 4) is 0 Å². The van der Waals surface area contributed by atoms with Gasteiger partial charge in [0, 0.05) is 18.1 Å². The standard InChI is InChI=1S/C16H23NO2S2/c1-11-8-12(2)15(13(3)9-11)16-17(14(19)10-21-16)4-6-20-7-5-18/h8-9,16,18H,4-7,10H2,1-3H3. The Labute approximate surface area is 135 Å². The number of hydrogen-bond acceptors (Lipinski definition) is 4. The van der Waals surface area contributed by atoms with E-state index in [4.69, 9.17) is 5.11 Å². The van der Waals surface area contributed by atoms with Crippen LogP contribution in [0.1, 0.15) is 27.6 Å². The molecule has 0 spiro atoms. The van der Waals surface area contributed by atoms with Crippen molar-refractivity contribution in [2.75, 3.05) is 30.4 Å². The second-order valence-corrected chi connectivity index (χ2v) is 7.69. The van der Waals surface area contributed by atoms with Gasteiger partial charge < -0.3 is 10.0 Å². The smallest absolute Gasteiger partial charge is 0.233 e. The summed E-state index contributed by atoms with van der Waals surface area (Å²) in [5.74, 6) is 2.42. The third-order valence-electron chi connectivity index (χ3n) is 3.67. The van der Waals surface area contributed by atoms with Crippen LogP contribution in [-0.2, 0) is 4.79 Å². The lowest BCUT2D eigenvalue weighted by atomic mass is 9.99. The molecule has 1 amide bonds. The van der Waals surface area contributed by atoms with Crippen LogP contribution in [0.2, 0.25) is 0 Å². The number of aliphatic hydroxyl groups excluding tert-OH is 1. The predicted molar refractivity (Wildman–Crippen MR) is 92.0 cm³/mol. The first-order chi connectivity index (χ1) is 10.0. The average Bonchev–Trinajstić information content (AvgIpc) is 2.75. The highest BCUT2D eigenvalue weighted by atomic mass is 32.2. The number of amides is 1. The van der Waals surface area contributed by atoms with E-state index in [1.807, 2.05) is 4.90 Å². The van der Waals surface area contributed by atoms with Crippen molar-refractivity contribution in [2.24, 2.45) is 0 Å². The zero-order valence-electron chi connectivity index (χ0n) is 12.9. The largest absolute Gasteiger partial charge is 0.396 e. The van der Waals surface area contributed by atoms with Gasteiger partial charge in [0.2, 0.25) is 5.91 Å². The summed E-state index contributed by atoms with van der Waals surface area (Å²) in [5.41, 5.74) is 5.11. The first kappa shape index (κ1) is 16.7. The third-order valence-corrected chi connectivity index (χ3v) is 5.83. The molecule has 0 bridgehead atoms. The lowest BCUT2D eigenvalue weighted by Gasteiger charge is -2.27. The summed E-state index contributed by atoms with van der Waals surface area (Å²) in [5, 5.41) is 8.98. The second kappa shape index (κ2) is 7.56. The molecule has 1 aliphatic rings. The average molecular weight is 325 g/mol. The lowest BCUT2D eigenvalue weighted by molar-refractivity contribution is -0.127. The number of carbonyl (C=O) groups is 1. The third kappa shape index (κ3) is 3.96. The van der Waals surface area contributed by atoms with Gasteiger partial charge in [0.15, 0.2) is 0 Å². The molecule has 116 valence electrons. The molecular weight excluding hydrogens is 302 g/mol. The molecule has 1 atom stereocenters. The Hall–Kier alpha value is -0.650. The summed E-state index contributed by atoms with van der Waals surface area (Å²) in [6.07, 6.45) is 0. The molecule has 1 aromatic rings. The van der Waals surface area contributed by atoms with Crippen LogP contribution in [0.15, 0.2) is 12.1 Å². The fraction of sp³-hybridized carbons (Fsp3) is 0.562. The van der Waals surface area contributed by atoms with Gasteiger partial charge in [-0.15, -0.1) is 11.8 Å². The summed E-state index contributed by atoms with van der Waals surface area (Å²) in [7, 11) is 0. The SMILES string of the molecule is Cc1cc(C)c(C2SCC(=O)N2CCSCCO)c(C)c1. The molecular formula is C16H23NO2S2. The van der Waals surface area contributed by atoms with E-state index in [0.29, 0.717) is 5.75 Å². The highest BCUT2D eigenvalue weighted by Crippen LogP contribution is 2.41. The Kier molecular flexibility index (Phi) is 6.02. The molecule has 1 fully saturated rings. The highest BCUT2D eigenvalue weighted by Gasteiger charge is 2.34. The Bertz CT molecular complexity index is 496. The zero-order valence-corrected chi connectivity index (χ0v) is 14.5. The van der Waals surface area contributed by atoms with E-state index < -0.39 is 0 Å². The Morgan fingerprint density at radius 3 is 2.57 bits per heavy atom. The van der Waals surface area contributed by atoms with Gasteiger partial charge in [-0.3, -0.25) is 4.79 Å². The summed E-state index contributed by atoms with van der Waals surface area (Å²) in [4.78, 5) is 14.2. The maximum Gasteiger partial charge on any atom is 0.233 e. The normalized spacial score (nSPS) is 18.6. The van der Waals surface area contributed by atoms with Crippen LogP contribution in [0.3, 0.4) is 0 Å². The van der Waals surface area contributed by atoms with E-state index >= 15 is 0 Å². The van der Waals surface area contributed by atoms with Crippen molar-refractivity contribution < 1.29 is 9.90 Å². The number of rotatable bonds is 6. The molecule has 5 heteroatoms. The first-order valence-electron chi connectivity index (χ1n) is 7.22. The van der Waals surface area contributed by atoms with Gasteiger partial charge in [-0.2, -0.15) is 11.8 Å². The van der Waals surface area contributed by atoms with E-state index in [2.05, 4.69) is 32.9 Å². The zero-order chi connectivity index (χ0) is 15.4. The minimum atomic E-state index is 0.146. The van der Waals surface area contributed by atoms with E-state index in [1.54, 1.807) is 23.5 Å². The summed E-state index contributed by atoms with van der Waals surface area (Å²) in [6, 6.07) is 4.40. The number of carbonyl (C=O) groups excluding carboxylic acids is 1.